The fourth-order valence-electron chi connectivity index (χ4n) is 4.15. The maximum absolute atomic E-state index is 11.8. The van der Waals surface area contributed by atoms with E-state index in [4.69, 9.17) is 0 Å². The number of aryl methyl sites for hydroxylation is 1. The fraction of sp³-hybridized carbons (Fsp3) is 0.769. The fourth-order valence-corrected chi connectivity index (χ4v) is 5.11. The summed E-state index contributed by atoms with van der Waals surface area (Å²) in [7, 11) is -4.05. The van der Waals surface area contributed by atoms with Crippen molar-refractivity contribution in [3.63, 3.8) is 0 Å². The average molecular weight is 439 g/mol. The van der Waals surface area contributed by atoms with Gasteiger partial charge in [0.15, 0.2) is 0 Å². The second kappa shape index (κ2) is 16.8. The quantitative estimate of drug-likeness (QED) is 0.174. The molecule has 0 fully saturated rings. The first-order valence-electron chi connectivity index (χ1n) is 12.5. The molecule has 0 aliphatic heterocycles. The molecule has 0 aliphatic rings. The lowest BCUT2D eigenvalue weighted by Gasteiger charge is -2.14. The van der Waals surface area contributed by atoms with Crippen molar-refractivity contribution in [2.45, 2.75) is 128 Å². The van der Waals surface area contributed by atoms with Gasteiger partial charge in [-0.05, 0) is 18.9 Å². The molecule has 0 heterocycles. The van der Waals surface area contributed by atoms with Gasteiger partial charge in [-0.3, -0.25) is 4.55 Å². The molecule has 1 atom stereocenters. The largest absolute Gasteiger partial charge is 0.285 e. The van der Waals surface area contributed by atoms with Gasteiger partial charge in [0.25, 0.3) is 10.1 Å². The Morgan fingerprint density at radius 3 is 1.40 bits per heavy atom. The molecule has 1 unspecified atom stereocenters. The molecule has 0 bridgehead atoms. The molecule has 30 heavy (non-hydrogen) atoms. The van der Waals surface area contributed by atoms with Crippen molar-refractivity contribution in [1.29, 1.82) is 0 Å². The second-order valence-corrected chi connectivity index (χ2v) is 10.6. The molecule has 0 amide bonds. The van der Waals surface area contributed by atoms with E-state index in [-0.39, 0.29) is 0 Å². The third-order valence-electron chi connectivity index (χ3n) is 6.13. The smallest absolute Gasteiger partial charge is 0.271 e. The second-order valence-electron chi connectivity index (χ2n) is 9.01. The molecule has 0 saturated carbocycles. The number of benzene rings is 1. The van der Waals surface area contributed by atoms with Gasteiger partial charge < -0.3 is 0 Å². The molecule has 3 nitrogen and oxygen atoms in total. The number of hydrogen-bond donors (Lipinski definition) is 1. The monoisotopic (exact) mass is 438 g/mol. The van der Waals surface area contributed by atoms with Gasteiger partial charge in [0.05, 0.1) is 0 Å². The molecule has 1 N–H and O–H groups in total. The van der Waals surface area contributed by atoms with Crippen molar-refractivity contribution in [1.82, 2.24) is 0 Å². The zero-order chi connectivity index (χ0) is 22.1. The van der Waals surface area contributed by atoms with E-state index in [2.05, 4.69) is 6.92 Å². The summed E-state index contributed by atoms with van der Waals surface area (Å²) in [5.41, 5.74) is 1.79. The number of unbranched alkanes of at least 4 members (excludes halogenated alkanes) is 15. The van der Waals surface area contributed by atoms with E-state index in [1.54, 1.807) is 0 Å². The first-order chi connectivity index (χ1) is 14.4. The summed E-state index contributed by atoms with van der Waals surface area (Å²) < 4.78 is 33.1. The highest BCUT2D eigenvalue weighted by atomic mass is 32.2. The van der Waals surface area contributed by atoms with Gasteiger partial charge in [-0.1, -0.05) is 139 Å². The minimum absolute atomic E-state index is 0.500. The first kappa shape index (κ1) is 27.2. The van der Waals surface area contributed by atoms with Crippen LogP contribution in [0.4, 0.5) is 0 Å². The van der Waals surface area contributed by atoms with Crippen LogP contribution in [0.15, 0.2) is 24.3 Å². The normalized spacial score (nSPS) is 12.9. The molecule has 174 valence electrons. The minimum Gasteiger partial charge on any atom is -0.285 e. The Morgan fingerprint density at radius 1 is 0.667 bits per heavy atom. The molecule has 1 aromatic carbocycles. The summed E-state index contributed by atoms with van der Waals surface area (Å²) in [5, 5.41) is -0.787. The highest BCUT2D eigenvalue weighted by molar-refractivity contribution is 7.86. The summed E-state index contributed by atoms with van der Waals surface area (Å²) in [6.45, 7) is 4.24. The Balaban J connectivity index is 2.00. The lowest BCUT2D eigenvalue weighted by molar-refractivity contribution is 0.458. The van der Waals surface area contributed by atoms with Crippen LogP contribution in [0.5, 0.6) is 0 Å². The van der Waals surface area contributed by atoms with Crippen LogP contribution in [0.3, 0.4) is 0 Å². The van der Waals surface area contributed by atoms with Crippen molar-refractivity contribution in [2.24, 2.45) is 0 Å². The molecule has 1 aromatic rings. The van der Waals surface area contributed by atoms with Gasteiger partial charge in [0.1, 0.15) is 5.25 Å². The lowest BCUT2D eigenvalue weighted by Crippen LogP contribution is -2.12. The molecule has 0 spiro atoms. The van der Waals surface area contributed by atoms with Gasteiger partial charge in [-0.2, -0.15) is 8.42 Å². The summed E-state index contributed by atoms with van der Waals surface area (Å²) in [6.07, 6.45) is 21.3. The van der Waals surface area contributed by atoms with E-state index in [1.165, 1.54) is 83.5 Å². The highest BCUT2D eigenvalue weighted by Crippen LogP contribution is 2.28. The van der Waals surface area contributed by atoms with Crippen LogP contribution in [0.25, 0.3) is 0 Å². The van der Waals surface area contributed by atoms with E-state index >= 15 is 0 Å². The highest BCUT2D eigenvalue weighted by Gasteiger charge is 2.24. The molecule has 0 radical (unpaired) electrons. The summed E-state index contributed by atoms with van der Waals surface area (Å²) in [5.74, 6) is 0. The van der Waals surface area contributed by atoms with Crippen molar-refractivity contribution in [3.05, 3.63) is 35.4 Å². The van der Waals surface area contributed by atoms with Crippen LogP contribution in [-0.2, 0) is 10.1 Å². The average Bonchev–Trinajstić information content (AvgIpc) is 2.70. The molecule has 0 saturated heterocycles. The van der Waals surface area contributed by atoms with Crippen LogP contribution >= 0.6 is 0 Å². The van der Waals surface area contributed by atoms with Gasteiger partial charge in [0.2, 0.25) is 0 Å². The Kier molecular flexibility index (Phi) is 15.2. The molecule has 4 heteroatoms. The standard InChI is InChI=1S/C26H46O3S/c1-3-4-5-6-7-8-9-10-11-12-13-14-15-16-17-18-19-26(30(27,28)29)25-22-20-24(2)21-23-25/h20-23,26H,3-19H2,1-2H3,(H,27,28,29). The Bertz CT molecular complexity index is 622. The van der Waals surface area contributed by atoms with Crippen LogP contribution in [-0.4, -0.2) is 13.0 Å². The van der Waals surface area contributed by atoms with Crippen molar-refractivity contribution in [2.75, 3.05) is 0 Å². The number of rotatable bonds is 19. The topological polar surface area (TPSA) is 54.4 Å². The van der Waals surface area contributed by atoms with E-state index < -0.39 is 15.4 Å². The third kappa shape index (κ3) is 13.4. The molecule has 0 aliphatic carbocycles. The van der Waals surface area contributed by atoms with Crippen LogP contribution < -0.4 is 0 Å². The van der Waals surface area contributed by atoms with Gasteiger partial charge >= 0.3 is 0 Å². The lowest BCUT2D eigenvalue weighted by atomic mass is 10.0. The summed E-state index contributed by atoms with van der Waals surface area (Å²) in [6, 6.07) is 7.45. The molecule has 1 rings (SSSR count). The zero-order valence-corrected chi connectivity index (χ0v) is 20.4. The Morgan fingerprint density at radius 2 is 1.03 bits per heavy atom. The van der Waals surface area contributed by atoms with E-state index in [9.17, 15) is 13.0 Å². The predicted molar refractivity (Wildman–Crippen MR) is 130 cm³/mol. The Labute approximate surface area is 186 Å². The van der Waals surface area contributed by atoms with Crippen molar-refractivity contribution in [3.8, 4) is 0 Å². The predicted octanol–water partition coefficient (Wildman–Crippen LogP) is 8.58. The van der Waals surface area contributed by atoms with Crippen LogP contribution in [0, 0.1) is 6.92 Å². The molecule has 0 aromatic heterocycles. The molecular formula is C26H46O3S. The minimum atomic E-state index is -4.05. The summed E-state index contributed by atoms with van der Waals surface area (Å²) >= 11 is 0. The number of hydrogen-bond acceptors (Lipinski definition) is 2. The Hall–Kier alpha value is -0.870. The van der Waals surface area contributed by atoms with Crippen LogP contribution in [0.2, 0.25) is 0 Å². The summed E-state index contributed by atoms with van der Waals surface area (Å²) in [4.78, 5) is 0. The first-order valence-corrected chi connectivity index (χ1v) is 14.0. The van der Waals surface area contributed by atoms with Crippen molar-refractivity contribution >= 4 is 10.1 Å². The maximum Gasteiger partial charge on any atom is 0.271 e. The van der Waals surface area contributed by atoms with Gasteiger partial charge in [0, 0.05) is 0 Å². The third-order valence-corrected chi connectivity index (χ3v) is 7.36. The van der Waals surface area contributed by atoms with Gasteiger partial charge in [-0.25, -0.2) is 0 Å². The molecular weight excluding hydrogens is 392 g/mol. The van der Waals surface area contributed by atoms with E-state index in [0.717, 1.165) is 24.8 Å². The zero-order valence-electron chi connectivity index (χ0n) is 19.6. The van der Waals surface area contributed by atoms with E-state index in [1.807, 2.05) is 31.2 Å². The van der Waals surface area contributed by atoms with Crippen LogP contribution in [0.1, 0.15) is 132 Å². The SMILES string of the molecule is CCCCCCCCCCCCCCCCCCC(c1ccc(C)cc1)S(=O)(=O)O. The van der Waals surface area contributed by atoms with Gasteiger partial charge in [-0.15, -0.1) is 0 Å². The van der Waals surface area contributed by atoms with Crippen molar-refractivity contribution < 1.29 is 13.0 Å². The maximum atomic E-state index is 11.8. The van der Waals surface area contributed by atoms with E-state index in [0.29, 0.717) is 12.0 Å².